The third-order valence-electron chi connectivity index (χ3n) is 4.50. The second-order valence-corrected chi connectivity index (χ2v) is 6.76. The van der Waals surface area contributed by atoms with Gasteiger partial charge in [0, 0.05) is 11.3 Å². The molecule has 0 saturated heterocycles. The van der Waals surface area contributed by atoms with Crippen molar-refractivity contribution in [1.82, 2.24) is 5.43 Å². The van der Waals surface area contributed by atoms with E-state index in [9.17, 15) is 9.59 Å². The number of ether oxygens (including phenoxy) is 1. The van der Waals surface area contributed by atoms with Gasteiger partial charge in [0.1, 0.15) is 12.4 Å². The molecule has 0 aliphatic heterocycles. The van der Waals surface area contributed by atoms with Gasteiger partial charge in [-0.2, -0.15) is 5.10 Å². The van der Waals surface area contributed by atoms with Crippen LogP contribution in [0.1, 0.15) is 22.3 Å². The fourth-order valence-electron chi connectivity index (χ4n) is 2.67. The van der Waals surface area contributed by atoms with Crippen LogP contribution in [0.15, 0.2) is 77.9 Å². The van der Waals surface area contributed by atoms with Gasteiger partial charge in [-0.3, -0.25) is 9.59 Å². The van der Waals surface area contributed by atoms with E-state index in [0.29, 0.717) is 23.6 Å². The molecule has 0 atom stereocenters. The summed E-state index contributed by atoms with van der Waals surface area (Å²) in [5.41, 5.74) is 6.66. The molecule has 3 aromatic carbocycles. The van der Waals surface area contributed by atoms with Crippen molar-refractivity contribution < 1.29 is 14.3 Å². The highest BCUT2D eigenvalue weighted by molar-refractivity contribution is 6.39. The van der Waals surface area contributed by atoms with Crippen LogP contribution in [-0.2, 0) is 16.2 Å². The number of hydrazone groups is 1. The average Bonchev–Trinajstić information content (AvgIpc) is 2.76. The molecule has 152 valence electrons. The molecule has 0 bridgehead atoms. The molecule has 3 aromatic rings. The van der Waals surface area contributed by atoms with Crippen molar-refractivity contribution in [2.75, 3.05) is 5.32 Å². The van der Waals surface area contributed by atoms with E-state index < -0.39 is 11.8 Å². The molecule has 0 radical (unpaired) electrons. The molecule has 2 N–H and O–H groups in total. The summed E-state index contributed by atoms with van der Waals surface area (Å²) in [7, 11) is 0. The fraction of sp³-hybridized carbons (Fsp3) is 0.125. The highest BCUT2D eigenvalue weighted by Crippen LogP contribution is 2.17. The summed E-state index contributed by atoms with van der Waals surface area (Å²) >= 11 is 0. The summed E-state index contributed by atoms with van der Waals surface area (Å²) in [6.07, 6.45) is 1.45. The molecule has 0 aromatic heterocycles. The van der Waals surface area contributed by atoms with Crippen molar-refractivity contribution in [3.05, 3.63) is 95.1 Å². The number of nitrogens with one attached hydrogen (secondary N) is 2. The fourth-order valence-corrected chi connectivity index (χ4v) is 2.67. The second-order valence-electron chi connectivity index (χ2n) is 6.76. The maximum atomic E-state index is 12.1. The van der Waals surface area contributed by atoms with Crippen molar-refractivity contribution in [3.63, 3.8) is 0 Å². The Morgan fingerprint density at radius 1 is 0.900 bits per heavy atom. The first kappa shape index (κ1) is 20.8. The van der Waals surface area contributed by atoms with Crippen LogP contribution < -0.4 is 15.5 Å². The topological polar surface area (TPSA) is 79.8 Å². The molecule has 30 heavy (non-hydrogen) atoms. The predicted octanol–water partition coefficient (Wildman–Crippen LogP) is 3.97. The maximum Gasteiger partial charge on any atom is 0.329 e. The lowest BCUT2D eigenvalue weighted by Crippen LogP contribution is -2.32. The third-order valence-corrected chi connectivity index (χ3v) is 4.50. The van der Waals surface area contributed by atoms with E-state index >= 15 is 0 Å². The quantitative estimate of drug-likeness (QED) is 0.373. The van der Waals surface area contributed by atoms with Gasteiger partial charge >= 0.3 is 11.8 Å². The van der Waals surface area contributed by atoms with Gasteiger partial charge in [0.15, 0.2) is 0 Å². The molecule has 3 rings (SSSR count). The standard InChI is InChI=1S/C24H23N3O3/c1-17-12-13-21(14-18(17)2)26-23(28)24(29)27-25-15-20-10-6-7-11-22(20)30-16-19-8-4-3-5-9-19/h3-15H,16H2,1-2H3,(H,26,28)(H,27,29)/b25-15-. The van der Waals surface area contributed by atoms with Crippen LogP contribution in [0.3, 0.4) is 0 Å². The van der Waals surface area contributed by atoms with Gasteiger partial charge in [-0.05, 0) is 54.8 Å². The number of benzene rings is 3. The SMILES string of the molecule is Cc1ccc(NC(=O)C(=O)N/N=C\c2ccccc2OCc2ccccc2)cc1C. The Morgan fingerprint density at radius 2 is 1.63 bits per heavy atom. The van der Waals surface area contributed by atoms with E-state index in [-0.39, 0.29) is 0 Å². The van der Waals surface area contributed by atoms with Gasteiger partial charge in [0.25, 0.3) is 0 Å². The van der Waals surface area contributed by atoms with Crippen LogP contribution in [0.5, 0.6) is 5.75 Å². The molecule has 6 heteroatoms. The number of aryl methyl sites for hydroxylation is 2. The summed E-state index contributed by atoms with van der Waals surface area (Å²) in [5, 5.41) is 6.44. The molecule has 6 nitrogen and oxygen atoms in total. The monoisotopic (exact) mass is 401 g/mol. The molecule has 0 saturated carbocycles. The van der Waals surface area contributed by atoms with E-state index in [1.807, 2.05) is 80.6 Å². The number of para-hydroxylation sites is 1. The van der Waals surface area contributed by atoms with Gasteiger partial charge in [-0.25, -0.2) is 5.43 Å². The van der Waals surface area contributed by atoms with E-state index in [0.717, 1.165) is 16.7 Å². The average molecular weight is 401 g/mol. The van der Waals surface area contributed by atoms with Crippen LogP contribution >= 0.6 is 0 Å². The molecule has 0 unspecified atom stereocenters. The lowest BCUT2D eigenvalue weighted by Gasteiger charge is -2.09. The summed E-state index contributed by atoms with van der Waals surface area (Å²) in [6.45, 7) is 4.33. The number of carbonyl (C=O) groups is 2. The summed E-state index contributed by atoms with van der Waals surface area (Å²) in [4.78, 5) is 24.1. The van der Waals surface area contributed by atoms with Crippen LogP contribution in [0.2, 0.25) is 0 Å². The zero-order chi connectivity index (χ0) is 21.3. The number of hydrogen-bond donors (Lipinski definition) is 2. The first-order valence-electron chi connectivity index (χ1n) is 9.50. The van der Waals surface area contributed by atoms with Crippen molar-refractivity contribution in [2.45, 2.75) is 20.5 Å². The van der Waals surface area contributed by atoms with Gasteiger partial charge in [-0.1, -0.05) is 48.5 Å². The molecule has 0 heterocycles. The largest absolute Gasteiger partial charge is 0.488 e. The predicted molar refractivity (Wildman–Crippen MR) is 117 cm³/mol. The van der Waals surface area contributed by atoms with E-state index in [2.05, 4.69) is 15.8 Å². The van der Waals surface area contributed by atoms with Crippen molar-refractivity contribution in [3.8, 4) is 5.75 Å². The number of rotatable bonds is 6. The Morgan fingerprint density at radius 3 is 2.40 bits per heavy atom. The van der Waals surface area contributed by atoms with Crippen LogP contribution in [0.4, 0.5) is 5.69 Å². The summed E-state index contributed by atoms with van der Waals surface area (Å²) in [5.74, 6) is -1.02. The summed E-state index contributed by atoms with van der Waals surface area (Å²) in [6, 6.07) is 22.6. The third kappa shape index (κ3) is 5.78. The van der Waals surface area contributed by atoms with Crippen LogP contribution in [-0.4, -0.2) is 18.0 Å². The number of anilines is 1. The van der Waals surface area contributed by atoms with E-state index in [1.54, 1.807) is 6.07 Å². The molecular formula is C24H23N3O3. The minimum absolute atomic E-state index is 0.413. The van der Waals surface area contributed by atoms with E-state index in [4.69, 9.17) is 4.74 Å². The number of hydrogen-bond acceptors (Lipinski definition) is 4. The van der Waals surface area contributed by atoms with Gasteiger partial charge in [0.05, 0.1) is 6.21 Å². The van der Waals surface area contributed by atoms with Gasteiger partial charge < -0.3 is 10.1 Å². The Balaban J connectivity index is 1.57. The maximum absolute atomic E-state index is 12.1. The molecule has 0 aliphatic carbocycles. The minimum Gasteiger partial charge on any atom is -0.488 e. The number of amides is 2. The highest BCUT2D eigenvalue weighted by Gasteiger charge is 2.13. The van der Waals surface area contributed by atoms with Crippen molar-refractivity contribution in [1.29, 1.82) is 0 Å². The highest BCUT2D eigenvalue weighted by atomic mass is 16.5. The minimum atomic E-state index is -0.854. The summed E-state index contributed by atoms with van der Waals surface area (Å²) < 4.78 is 5.84. The van der Waals surface area contributed by atoms with Crippen LogP contribution in [0.25, 0.3) is 0 Å². The van der Waals surface area contributed by atoms with Crippen molar-refractivity contribution in [2.24, 2.45) is 5.10 Å². The Hall–Kier alpha value is -3.93. The van der Waals surface area contributed by atoms with Gasteiger partial charge in [-0.15, -0.1) is 0 Å². The van der Waals surface area contributed by atoms with E-state index in [1.165, 1.54) is 6.21 Å². The first-order valence-corrected chi connectivity index (χ1v) is 9.50. The lowest BCUT2D eigenvalue weighted by molar-refractivity contribution is -0.136. The smallest absolute Gasteiger partial charge is 0.329 e. The van der Waals surface area contributed by atoms with Gasteiger partial charge in [0.2, 0.25) is 0 Å². The number of nitrogens with zero attached hydrogens (tertiary/aromatic N) is 1. The van der Waals surface area contributed by atoms with Crippen molar-refractivity contribution >= 4 is 23.7 Å². The lowest BCUT2D eigenvalue weighted by atomic mass is 10.1. The Bertz CT molecular complexity index is 1060. The Labute approximate surface area is 175 Å². The Kier molecular flexibility index (Phi) is 6.95. The molecule has 0 fully saturated rings. The molecular weight excluding hydrogens is 378 g/mol. The van der Waals surface area contributed by atoms with Crippen LogP contribution in [0, 0.1) is 13.8 Å². The normalized spacial score (nSPS) is 10.6. The zero-order valence-corrected chi connectivity index (χ0v) is 16.9. The number of carbonyl (C=O) groups excluding carboxylic acids is 2. The second kappa shape index (κ2) is 10.0. The zero-order valence-electron chi connectivity index (χ0n) is 16.9. The molecule has 0 spiro atoms. The first-order chi connectivity index (χ1) is 14.5. The molecule has 0 aliphatic rings. The molecule has 2 amide bonds.